The van der Waals surface area contributed by atoms with Crippen LogP contribution < -0.4 is 26.3 Å². The van der Waals surface area contributed by atoms with E-state index in [1.807, 2.05) is 0 Å². The van der Waals surface area contributed by atoms with Crippen LogP contribution in [-0.4, -0.2) is 46.0 Å². The number of nitrogens with one attached hydrogen (secondary N) is 1. The molecule has 1 aromatic rings. The maximum atomic E-state index is 12.8. The number of guanidine groups is 1. The molecule has 12 nitrogen and oxygen atoms in total. The number of esters is 1. The molecule has 7 N–H and O–H groups in total. The molecule has 0 bridgehead atoms. The summed E-state index contributed by atoms with van der Waals surface area (Å²) in [5.74, 6) is -4.99. The van der Waals surface area contributed by atoms with Gasteiger partial charge < -0.3 is 36.5 Å². The van der Waals surface area contributed by atoms with Gasteiger partial charge in [0, 0.05) is 11.6 Å². The third-order valence-electron chi connectivity index (χ3n) is 4.90. The van der Waals surface area contributed by atoms with Crippen LogP contribution in [0.5, 0.6) is 11.5 Å². The molecule has 1 amide bonds. The Labute approximate surface area is 193 Å². The summed E-state index contributed by atoms with van der Waals surface area (Å²) < 4.78 is 11.1. The van der Waals surface area contributed by atoms with Crippen LogP contribution in [-0.2, 0) is 14.4 Å². The second kappa shape index (κ2) is 10.3. The number of aliphatic imine (C=N–C) groups is 1. The zero-order valence-corrected chi connectivity index (χ0v) is 17.8. The van der Waals surface area contributed by atoms with E-state index in [4.69, 9.17) is 26.0 Å². The summed E-state index contributed by atoms with van der Waals surface area (Å²) in [4.78, 5) is 51.6. The molecule has 0 unspecified atom stereocenters. The van der Waals surface area contributed by atoms with Gasteiger partial charge in [-0.15, -0.1) is 0 Å². The van der Waals surface area contributed by atoms with Crippen molar-refractivity contribution in [3.05, 3.63) is 59.0 Å². The molecule has 1 aromatic carbocycles. The maximum Gasteiger partial charge on any atom is 0.336 e. The minimum atomic E-state index is -1.68. The minimum absolute atomic E-state index is 0.0862. The molecular weight excluding hydrogens is 448 g/mol. The summed E-state index contributed by atoms with van der Waals surface area (Å²) in [6, 6.07) is 2.44. The number of para-hydroxylation sites is 1. The molecule has 12 heteroatoms. The van der Waals surface area contributed by atoms with Gasteiger partial charge in [-0.05, 0) is 43.0 Å². The first-order chi connectivity index (χ1) is 16.2. The predicted octanol–water partition coefficient (Wildman–Crippen LogP) is 0.794. The molecule has 0 radical (unpaired) electrons. The van der Waals surface area contributed by atoms with Crippen LogP contribution in [0.15, 0.2) is 58.4 Å². The Kier molecular flexibility index (Phi) is 7.31. The average Bonchev–Trinajstić information content (AvgIpc) is 2.76. The highest BCUT2D eigenvalue weighted by Crippen LogP contribution is 2.36. The number of carbonyl (C=O) groups excluding carboxylic acids is 2. The number of nitrogens with two attached hydrogens (primary N) is 2. The van der Waals surface area contributed by atoms with Crippen molar-refractivity contribution in [1.29, 1.82) is 0 Å². The van der Waals surface area contributed by atoms with Gasteiger partial charge in [-0.1, -0.05) is 6.07 Å². The largest absolute Gasteiger partial charge is 0.481 e. The lowest BCUT2D eigenvalue weighted by molar-refractivity contribution is -0.145. The molecule has 1 aliphatic heterocycles. The van der Waals surface area contributed by atoms with Crippen LogP contribution >= 0.6 is 0 Å². The first-order valence-electron chi connectivity index (χ1n) is 10.1. The van der Waals surface area contributed by atoms with Crippen molar-refractivity contribution in [2.24, 2.45) is 16.5 Å². The van der Waals surface area contributed by atoms with Crippen molar-refractivity contribution in [2.45, 2.75) is 31.7 Å². The van der Waals surface area contributed by atoms with E-state index >= 15 is 0 Å². The number of hydrogen-bond donors (Lipinski definition) is 5. The molecule has 1 heterocycles. The molecule has 0 aromatic heterocycles. The van der Waals surface area contributed by atoms with Crippen molar-refractivity contribution in [3.8, 4) is 11.5 Å². The van der Waals surface area contributed by atoms with Gasteiger partial charge >= 0.3 is 17.9 Å². The Bertz CT molecular complexity index is 1160. The molecule has 1 atom stereocenters. The minimum Gasteiger partial charge on any atom is -0.481 e. The van der Waals surface area contributed by atoms with Crippen LogP contribution in [0, 0.1) is 0 Å². The number of benzene rings is 1. The normalized spacial score (nSPS) is 16.9. The number of ether oxygens (including phenoxy) is 2. The summed E-state index contributed by atoms with van der Waals surface area (Å²) in [7, 11) is 0. The van der Waals surface area contributed by atoms with E-state index in [0.29, 0.717) is 36.1 Å². The molecule has 3 rings (SSSR count). The summed E-state index contributed by atoms with van der Waals surface area (Å²) >= 11 is 0. The highest BCUT2D eigenvalue weighted by molar-refractivity contribution is 6.00. The molecule has 2 aliphatic rings. The van der Waals surface area contributed by atoms with Crippen molar-refractivity contribution in [1.82, 2.24) is 5.32 Å². The Morgan fingerprint density at radius 1 is 1.15 bits per heavy atom. The van der Waals surface area contributed by atoms with Gasteiger partial charge in [-0.3, -0.25) is 9.59 Å². The number of carboxylic acid groups (broad SMARTS) is 2. The number of aliphatic carboxylic acids is 2. The third kappa shape index (κ3) is 5.79. The molecule has 0 saturated heterocycles. The molecule has 178 valence electrons. The molecule has 0 fully saturated rings. The van der Waals surface area contributed by atoms with Gasteiger partial charge in [-0.2, -0.15) is 0 Å². The van der Waals surface area contributed by atoms with Crippen molar-refractivity contribution in [2.75, 3.05) is 0 Å². The van der Waals surface area contributed by atoms with Gasteiger partial charge in [0.15, 0.2) is 17.5 Å². The second-order valence-electron chi connectivity index (χ2n) is 7.36. The highest BCUT2D eigenvalue weighted by Gasteiger charge is 2.27. The lowest BCUT2D eigenvalue weighted by Gasteiger charge is -2.21. The molecular formula is C22H22N4O8. The first-order valence-corrected chi connectivity index (χ1v) is 10.1. The van der Waals surface area contributed by atoms with E-state index in [1.165, 1.54) is 36.6 Å². The Balaban J connectivity index is 2.04. The summed E-state index contributed by atoms with van der Waals surface area (Å²) in [5, 5.41) is 20.3. The Morgan fingerprint density at radius 3 is 2.59 bits per heavy atom. The van der Waals surface area contributed by atoms with Gasteiger partial charge in [0.1, 0.15) is 6.04 Å². The van der Waals surface area contributed by atoms with Crippen molar-refractivity contribution < 1.29 is 38.9 Å². The lowest BCUT2D eigenvalue weighted by atomic mass is 9.91. The third-order valence-corrected chi connectivity index (χ3v) is 4.90. The Hall–Kier alpha value is -4.61. The molecule has 0 saturated carbocycles. The Morgan fingerprint density at radius 2 is 1.91 bits per heavy atom. The van der Waals surface area contributed by atoms with E-state index in [9.17, 15) is 24.3 Å². The van der Waals surface area contributed by atoms with Gasteiger partial charge in [0.05, 0.1) is 23.9 Å². The fraction of sp³-hybridized carbons (Fsp3) is 0.227. The van der Waals surface area contributed by atoms with Crippen molar-refractivity contribution >= 4 is 29.8 Å². The molecule has 34 heavy (non-hydrogen) atoms. The number of rotatable bonds is 6. The number of carbonyl (C=O) groups is 4. The van der Waals surface area contributed by atoms with Crippen LogP contribution in [0.25, 0.3) is 0 Å². The number of carboxylic acids is 2. The molecule has 1 aliphatic carbocycles. The van der Waals surface area contributed by atoms with E-state index in [0.717, 1.165) is 0 Å². The number of amides is 1. The smallest absolute Gasteiger partial charge is 0.336 e. The van der Waals surface area contributed by atoms with E-state index in [1.54, 1.807) is 0 Å². The van der Waals surface area contributed by atoms with Gasteiger partial charge in [0.2, 0.25) is 0 Å². The summed E-state index contributed by atoms with van der Waals surface area (Å²) in [6.07, 6.45) is 5.09. The zero-order chi connectivity index (χ0) is 24.8. The van der Waals surface area contributed by atoms with Crippen LogP contribution in [0.3, 0.4) is 0 Å². The zero-order valence-electron chi connectivity index (χ0n) is 17.8. The van der Waals surface area contributed by atoms with Crippen LogP contribution in [0.1, 0.15) is 36.0 Å². The van der Waals surface area contributed by atoms with Gasteiger partial charge in [0.25, 0.3) is 5.91 Å². The van der Waals surface area contributed by atoms with E-state index in [2.05, 4.69) is 10.3 Å². The summed E-state index contributed by atoms with van der Waals surface area (Å²) in [5.41, 5.74) is 12.6. The fourth-order valence-electron chi connectivity index (χ4n) is 3.43. The lowest BCUT2D eigenvalue weighted by Crippen LogP contribution is -2.42. The standard InChI is InChI=1S/C22H22N4O8/c23-22(24)26-14-5-1-3-11-10-33-19-13(20(30)25-15(21(31)32)9-17(27)28)4-2-6-16(19)34-18(29)8-7-12(11)14/h2,4,6-8,10,15H,1,3,5,9H2,(H,25,30)(H,27,28)(H,31,32)(H4,23,24,26)/b8-7+,11-10?/t15-/m0/s1. The quantitative estimate of drug-likeness (QED) is 0.171. The average molecular weight is 470 g/mol. The van der Waals surface area contributed by atoms with E-state index < -0.39 is 36.3 Å². The molecule has 0 spiro atoms. The highest BCUT2D eigenvalue weighted by atomic mass is 16.6. The topological polar surface area (TPSA) is 204 Å². The summed E-state index contributed by atoms with van der Waals surface area (Å²) in [6.45, 7) is 0. The van der Waals surface area contributed by atoms with Gasteiger partial charge in [-0.25, -0.2) is 14.6 Å². The first kappa shape index (κ1) is 24.0. The number of allylic oxidation sites excluding steroid dienone is 4. The monoisotopic (exact) mass is 470 g/mol. The maximum absolute atomic E-state index is 12.8. The second-order valence-corrected chi connectivity index (χ2v) is 7.36. The van der Waals surface area contributed by atoms with Crippen LogP contribution in [0.4, 0.5) is 0 Å². The fourth-order valence-corrected chi connectivity index (χ4v) is 3.43. The number of fused-ring (bicyclic) bond motifs is 2. The van der Waals surface area contributed by atoms with Crippen molar-refractivity contribution in [3.63, 3.8) is 0 Å². The predicted molar refractivity (Wildman–Crippen MR) is 118 cm³/mol. The SMILES string of the molecule is NC(N)=NC1=C2/C=C/C(=O)Oc3cccc(C(=O)N[C@@H](CC(=O)O)C(=O)O)c3OC=C2CCC1. The number of hydrogen-bond acceptors (Lipinski definition) is 7. The van der Waals surface area contributed by atoms with E-state index in [-0.39, 0.29) is 23.0 Å². The number of nitrogens with zero attached hydrogens (tertiary/aromatic N) is 1. The van der Waals surface area contributed by atoms with Crippen LogP contribution in [0.2, 0.25) is 0 Å².